The van der Waals surface area contributed by atoms with Crippen LogP contribution in [0.1, 0.15) is 13.3 Å². The lowest BCUT2D eigenvalue weighted by molar-refractivity contribution is 0.203. The Morgan fingerprint density at radius 3 is 2.43 bits per heavy atom. The molecule has 2 saturated heterocycles. The molecule has 1 N–H and O–H groups in total. The molecule has 3 nitrogen and oxygen atoms in total. The molecule has 2 aliphatic heterocycles. The first-order valence-electron chi connectivity index (χ1n) is 6.00. The second kappa shape index (κ2) is 5.10. The van der Waals surface area contributed by atoms with Gasteiger partial charge in [0.05, 0.1) is 0 Å². The lowest BCUT2D eigenvalue weighted by atomic mass is 10.2. The van der Waals surface area contributed by atoms with Crippen LogP contribution >= 0.6 is 0 Å². The van der Waals surface area contributed by atoms with Gasteiger partial charge in [-0.05, 0) is 18.9 Å². The van der Waals surface area contributed by atoms with Crippen molar-refractivity contribution < 1.29 is 0 Å². The molecule has 0 amide bonds. The number of nitrogens with one attached hydrogen (secondary N) is 1. The van der Waals surface area contributed by atoms with E-state index in [1.54, 1.807) is 0 Å². The molecule has 0 radical (unpaired) electrons. The molecular formula is C11H23N3. The molecule has 2 aliphatic rings. The predicted molar refractivity (Wildman–Crippen MR) is 59.5 cm³/mol. The van der Waals surface area contributed by atoms with Crippen molar-refractivity contribution in [2.24, 2.45) is 5.92 Å². The van der Waals surface area contributed by atoms with E-state index >= 15 is 0 Å². The quantitative estimate of drug-likeness (QED) is 0.699. The zero-order valence-corrected chi connectivity index (χ0v) is 9.34. The third-order valence-electron chi connectivity index (χ3n) is 3.45. The van der Waals surface area contributed by atoms with E-state index in [1.165, 1.54) is 58.8 Å². The summed E-state index contributed by atoms with van der Waals surface area (Å²) in [5.41, 5.74) is 0. The first kappa shape index (κ1) is 10.4. The standard InChI is InChI=1S/C11H23N3/c1-11-2-5-14(10-11)9-8-13-6-3-12-4-7-13/h11-12H,2-10H2,1H3. The highest BCUT2D eigenvalue weighted by molar-refractivity contribution is 4.75. The van der Waals surface area contributed by atoms with E-state index in [0.717, 1.165) is 5.92 Å². The van der Waals surface area contributed by atoms with Crippen LogP contribution in [0.4, 0.5) is 0 Å². The first-order valence-corrected chi connectivity index (χ1v) is 6.00. The molecule has 1 atom stereocenters. The van der Waals surface area contributed by atoms with E-state index in [9.17, 15) is 0 Å². The Bertz CT molecular complexity index is 161. The van der Waals surface area contributed by atoms with E-state index in [4.69, 9.17) is 0 Å². The summed E-state index contributed by atoms with van der Waals surface area (Å²) in [5.74, 6) is 0.929. The van der Waals surface area contributed by atoms with E-state index in [1.807, 2.05) is 0 Å². The monoisotopic (exact) mass is 197 g/mol. The van der Waals surface area contributed by atoms with Gasteiger partial charge in [0.15, 0.2) is 0 Å². The lowest BCUT2D eigenvalue weighted by Crippen LogP contribution is -2.46. The van der Waals surface area contributed by atoms with Crippen molar-refractivity contribution in [2.75, 3.05) is 52.4 Å². The molecule has 0 aliphatic carbocycles. The van der Waals surface area contributed by atoms with E-state index < -0.39 is 0 Å². The molecule has 14 heavy (non-hydrogen) atoms. The molecule has 0 aromatic heterocycles. The Labute approximate surface area is 87.4 Å². The Kier molecular flexibility index (Phi) is 3.79. The number of nitrogens with zero attached hydrogens (tertiary/aromatic N) is 2. The number of likely N-dealkylation sites (tertiary alicyclic amines) is 1. The summed E-state index contributed by atoms with van der Waals surface area (Å²) in [7, 11) is 0. The van der Waals surface area contributed by atoms with Gasteiger partial charge in [0.25, 0.3) is 0 Å². The number of rotatable bonds is 3. The second-order valence-corrected chi connectivity index (χ2v) is 4.79. The van der Waals surface area contributed by atoms with Crippen LogP contribution in [-0.2, 0) is 0 Å². The van der Waals surface area contributed by atoms with Gasteiger partial charge < -0.3 is 10.2 Å². The molecule has 0 bridgehead atoms. The SMILES string of the molecule is CC1CCN(CCN2CCNCC2)C1. The maximum atomic E-state index is 3.39. The van der Waals surface area contributed by atoms with Crippen LogP contribution in [0.25, 0.3) is 0 Å². The molecular weight excluding hydrogens is 174 g/mol. The predicted octanol–water partition coefficient (Wildman–Crippen LogP) is 0.233. The molecule has 2 fully saturated rings. The van der Waals surface area contributed by atoms with E-state index in [-0.39, 0.29) is 0 Å². The van der Waals surface area contributed by atoms with Gasteiger partial charge in [-0.1, -0.05) is 6.92 Å². The van der Waals surface area contributed by atoms with Crippen molar-refractivity contribution in [3.05, 3.63) is 0 Å². The zero-order chi connectivity index (χ0) is 9.80. The summed E-state index contributed by atoms with van der Waals surface area (Å²) in [4.78, 5) is 5.20. The summed E-state index contributed by atoms with van der Waals surface area (Å²) in [6, 6.07) is 0. The molecule has 1 unspecified atom stereocenters. The summed E-state index contributed by atoms with van der Waals surface area (Å²) >= 11 is 0. The van der Waals surface area contributed by atoms with Gasteiger partial charge in [-0.3, -0.25) is 4.90 Å². The average Bonchev–Trinajstić information content (AvgIpc) is 2.63. The average molecular weight is 197 g/mol. The minimum atomic E-state index is 0.929. The summed E-state index contributed by atoms with van der Waals surface area (Å²) in [6.07, 6.45) is 1.40. The largest absolute Gasteiger partial charge is 0.314 e. The molecule has 3 heteroatoms. The molecule has 2 rings (SSSR count). The maximum Gasteiger partial charge on any atom is 0.0110 e. The van der Waals surface area contributed by atoms with Gasteiger partial charge in [0, 0.05) is 45.8 Å². The van der Waals surface area contributed by atoms with Gasteiger partial charge in [-0.15, -0.1) is 0 Å². The van der Waals surface area contributed by atoms with Crippen LogP contribution in [0.2, 0.25) is 0 Å². The lowest BCUT2D eigenvalue weighted by Gasteiger charge is -2.29. The summed E-state index contributed by atoms with van der Waals surface area (Å²) in [6.45, 7) is 12.4. The number of hydrogen-bond acceptors (Lipinski definition) is 3. The molecule has 0 aromatic rings. The third kappa shape index (κ3) is 2.94. The highest BCUT2D eigenvalue weighted by atomic mass is 15.2. The van der Waals surface area contributed by atoms with E-state index in [2.05, 4.69) is 22.0 Å². The maximum absolute atomic E-state index is 3.39. The third-order valence-corrected chi connectivity index (χ3v) is 3.45. The highest BCUT2D eigenvalue weighted by Crippen LogP contribution is 2.14. The molecule has 82 valence electrons. The van der Waals surface area contributed by atoms with Gasteiger partial charge in [0.1, 0.15) is 0 Å². The molecule has 0 aromatic carbocycles. The van der Waals surface area contributed by atoms with Crippen LogP contribution in [-0.4, -0.2) is 62.2 Å². The first-order chi connectivity index (χ1) is 6.84. The van der Waals surface area contributed by atoms with Crippen LogP contribution in [0.5, 0.6) is 0 Å². The Morgan fingerprint density at radius 1 is 1.07 bits per heavy atom. The van der Waals surface area contributed by atoms with Crippen molar-refractivity contribution >= 4 is 0 Å². The Balaban J connectivity index is 1.61. The summed E-state index contributed by atoms with van der Waals surface area (Å²) < 4.78 is 0. The van der Waals surface area contributed by atoms with Crippen LogP contribution in [0, 0.1) is 5.92 Å². The fraction of sp³-hybridized carbons (Fsp3) is 1.00. The highest BCUT2D eigenvalue weighted by Gasteiger charge is 2.19. The van der Waals surface area contributed by atoms with Gasteiger partial charge in [-0.25, -0.2) is 0 Å². The molecule has 0 spiro atoms. The fourth-order valence-corrected chi connectivity index (χ4v) is 2.45. The van der Waals surface area contributed by atoms with E-state index in [0.29, 0.717) is 0 Å². The smallest absolute Gasteiger partial charge is 0.0110 e. The van der Waals surface area contributed by atoms with Crippen molar-refractivity contribution in [1.29, 1.82) is 0 Å². The Morgan fingerprint density at radius 2 is 1.79 bits per heavy atom. The van der Waals surface area contributed by atoms with Crippen molar-refractivity contribution in [3.8, 4) is 0 Å². The minimum absolute atomic E-state index is 0.929. The van der Waals surface area contributed by atoms with Crippen LogP contribution in [0.3, 0.4) is 0 Å². The fourth-order valence-electron chi connectivity index (χ4n) is 2.45. The molecule has 0 saturated carbocycles. The van der Waals surface area contributed by atoms with Gasteiger partial charge in [0.2, 0.25) is 0 Å². The minimum Gasteiger partial charge on any atom is -0.314 e. The van der Waals surface area contributed by atoms with Crippen LogP contribution in [0.15, 0.2) is 0 Å². The van der Waals surface area contributed by atoms with Crippen molar-refractivity contribution in [1.82, 2.24) is 15.1 Å². The zero-order valence-electron chi connectivity index (χ0n) is 9.34. The van der Waals surface area contributed by atoms with Gasteiger partial charge in [-0.2, -0.15) is 0 Å². The normalized spacial score (nSPS) is 31.1. The number of hydrogen-bond donors (Lipinski definition) is 1. The van der Waals surface area contributed by atoms with Gasteiger partial charge >= 0.3 is 0 Å². The Hall–Kier alpha value is -0.120. The number of piperazine rings is 1. The van der Waals surface area contributed by atoms with Crippen LogP contribution < -0.4 is 5.32 Å². The second-order valence-electron chi connectivity index (χ2n) is 4.79. The van der Waals surface area contributed by atoms with Crippen molar-refractivity contribution in [3.63, 3.8) is 0 Å². The summed E-state index contributed by atoms with van der Waals surface area (Å²) in [5, 5.41) is 3.39. The topological polar surface area (TPSA) is 18.5 Å². The molecule has 2 heterocycles. The van der Waals surface area contributed by atoms with Crippen molar-refractivity contribution in [2.45, 2.75) is 13.3 Å².